The molecule has 0 radical (unpaired) electrons. The lowest BCUT2D eigenvalue weighted by Gasteiger charge is -2.11. The van der Waals surface area contributed by atoms with E-state index in [1.165, 1.54) is 17.5 Å². The molecular weight excluding hydrogens is 368 g/mol. The lowest BCUT2D eigenvalue weighted by atomic mass is 9.98. The Labute approximate surface area is 168 Å². The summed E-state index contributed by atoms with van der Waals surface area (Å²) in [5, 5.41) is 2.09. The second-order valence-electron chi connectivity index (χ2n) is 6.71. The molecular formula is C23H22N2O2S. The van der Waals surface area contributed by atoms with Crippen LogP contribution in [-0.4, -0.2) is 22.6 Å². The molecule has 0 saturated carbocycles. The second-order valence-corrected chi connectivity index (χ2v) is 7.60. The number of aryl methyl sites for hydroxylation is 1. The molecule has 4 nitrogen and oxygen atoms in total. The molecule has 0 aliphatic carbocycles. The van der Waals surface area contributed by atoms with E-state index in [1.54, 1.807) is 17.4 Å². The Morgan fingerprint density at radius 2 is 1.89 bits per heavy atom. The van der Waals surface area contributed by atoms with Crippen LogP contribution in [0, 0.1) is 0 Å². The lowest BCUT2D eigenvalue weighted by Crippen LogP contribution is -2.05. The first kappa shape index (κ1) is 18.4. The highest BCUT2D eigenvalue weighted by molar-refractivity contribution is 7.16. The van der Waals surface area contributed by atoms with Crippen molar-refractivity contribution in [3.63, 3.8) is 0 Å². The maximum Gasteiger partial charge on any atom is 0.338 e. The molecule has 4 rings (SSSR count). The number of hydrogen-bond acceptors (Lipinski definition) is 4. The predicted octanol–water partition coefficient (Wildman–Crippen LogP) is 5.55. The molecule has 0 bridgehead atoms. The van der Waals surface area contributed by atoms with Gasteiger partial charge in [0.2, 0.25) is 0 Å². The quantitative estimate of drug-likeness (QED) is 0.405. The van der Waals surface area contributed by atoms with Crippen molar-refractivity contribution in [1.82, 2.24) is 9.55 Å². The van der Waals surface area contributed by atoms with Gasteiger partial charge in [-0.1, -0.05) is 49.4 Å². The van der Waals surface area contributed by atoms with E-state index in [0.717, 1.165) is 41.9 Å². The lowest BCUT2D eigenvalue weighted by molar-refractivity contribution is 0.0601. The van der Waals surface area contributed by atoms with Gasteiger partial charge in [-0.25, -0.2) is 9.78 Å². The molecule has 2 heterocycles. The zero-order valence-corrected chi connectivity index (χ0v) is 16.8. The number of methoxy groups -OCH3 is 1. The summed E-state index contributed by atoms with van der Waals surface area (Å²) in [6, 6.07) is 18.0. The summed E-state index contributed by atoms with van der Waals surface area (Å²) in [5.74, 6) is 0.826. The van der Waals surface area contributed by atoms with Gasteiger partial charge in [0.05, 0.1) is 24.7 Å². The van der Waals surface area contributed by atoms with Gasteiger partial charge in [-0.2, -0.15) is 0 Å². The van der Waals surface area contributed by atoms with E-state index in [9.17, 15) is 4.79 Å². The highest BCUT2D eigenvalue weighted by Gasteiger charge is 2.14. The third-order valence-corrected chi connectivity index (χ3v) is 5.77. The van der Waals surface area contributed by atoms with Crippen LogP contribution in [0.15, 0.2) is 60.0 Å². The van der Waals surface area contributed by atoms with E-state index < -0.39 is 0 Å². The van der Waals surface area contributed by atoms with E-state index in [-0.39, 0.29) is 5.97 Å². The van der Waals surface area contributed by atoms with Crippen molar-refractivity contribution in [2.75, 3.05) is 7.11 Å². The highest BCUT2D eigenvalue weighted by Crippen LogP contribution is 2.27. The topological polar surface area (TPSA) is 44.1 Å². The van der Waals surface area contributed by atoms with Crippen molar-refractivity contribution >= 4 is 27.7 Å². The monoisotopic (exact) mass is 390 g/mol. The highest BCUT2D eigenvalue weighted by atomic mass is 32.1. The number of imidazole rings is 1. The summed E-state index contributed by atoms with van der Waals surface area (Å²) in [4.78, 5) is 18.1. The molecule has 2 aromatic carbocycles. The minimum Gasteiger partial charge on any atom is -0.465 e. The first-order chi connectivity index (χ1) is 13.7. The molecule has 0 saturated heterocycles. The number of fused-ring (bicyclic) bond motifs is 1. The number of nitrogens with zero attached hydrogens (tertiary/aromatic N) is 2. The Hall–Kier alpha value is -2.92. The minimum absolute atomic E-state index is 0.317. The molecule has 0 N–H and O–H groups in total. The van der Waals surface area contributed by atoms with Crippen LogP contribution in [0.3, 0.4) is 0 Å². The third-order valence-electron chi connectivity index (χ3n) is 4.84. The maximum absolute atomic E-state index is 12.1. The largest absolute Gasteiger partial charge is 0.465 e. The Morgan fingerprint density at radius 1 is 1.11 bits per heavy atom. The van der Waals surface area contributed by atoms with Gasteiger partial charge in [-0.05, 0) is 40.6 Å². The van der Waals surface area contributed by atoms with E-state index in [4.69, 9.17) is 9.72 Å². The van der Waals surface area contributed by atoms with Crippen LogP contribution in [0.25, 0.3) is 21.5 Å². The van der Waals surface area contributed by atoms with E-state index in [2.05, 4.69) is 47.2 Å². The smallest absolute Gasteiger partial charge is 0.338 e. The van der Waals surface area contributed by atoms with Gasteiger partial charge in [0.15, 0.2) is 0 Å². The Kier molecular flexibility index (Phi) is 5.26. The molecule has 0 aliphatic rings. The number of esters is 1. The average molecular weight is 391 g/mol. The Balaban J connectivity index is 1.64. The SMILES string of the molecule is CCCc1nc2ccsc2n1Cc1ccc(-c2ccccc2C(=O)OC)cc1. The summed E-state index contributed by atoms with van der Waals surface area (Å²) >= 11 is 1.74. The summed E-state index contributed by atoms with van der Waals surface area (Å²) < 4.78 is 7.23. The fraction of sp³-hybridized carbons (Fsp3) is 0.217. The fourth-order valence-electron chi connectivity index (χ4n) is 3.47. The molecule has 4 aromatic rings. The van der Waals surface area contributed by atoms with E-state index >= 15 is 0 Å². The van der Waals surface area contributed by atoms with Crippen LogP contribution in [0.5, 0.6) is 0 Å². The number of thiophene rings is 1. The van der Waals surface area contributed by atoms with Crippen LogP contribution in [0.1, 0.15) is 35.1 Å². The first-order valence-corrected chi connectivity index (χ1v) is 10.3. The zero-order valence-electron chi connectivity index (χ0n) is 16.0. The van der Waals surface area contributed by atoms with Gasteiger partial charge in [0, 0.05) is 6.42 Å². The van der Waals surface area contributed by atoms with Crippen molar-refractivity contribution in [3.8, 4) is 11.1 Å². The van der Waals surface area contributed by atoms with Crippen molar-refractivity contribution < 1.29 is 9.53 Å². The standard InChI is InChI=1S/C23H22N2O2S/c1-3-6-21-24-20-13-14-28-22(20)25(21)15-16-9-11-17(12-10-16)18-7-4-5-8-19(18)23(26)27-2/h4-5,7-14H,3,6,15H2,1-2H3. The predicted molar refractivity (Wildman–Crippen MR) is 114 cm³/mol. The van der Waals surface area contributed by atoms with Crippen molar-refractivity contribution in [3.05, 3.63) is 76.9 Å². The number of hydrogen-bond donors (Lipinski definition) is 0. The number of aromatic nitrogens is 2. The number of carbonyl (C=O) groups is 1. The molecule has 5 heteroatoms. The van der Waals surface area contributed by atoms with E-state index in [1.807, 2.05) is 18.2 Å². The molecule has 142 valence electrons. The summed E-state index contributed by atoms with van der Waals surface area (Å²) in [5.41, 5.74) is 4.76. The first-order valence-electron chi connectivity index (χ1n) is 9.40. The molecule has 28 heavy (non-hydrogen) atoms. The molecule has 0 atom stereocenters. The number of carbonyl (C=O) groups excluding carboxylic acids is 1. The number of ether oxygens (including phenoxy) is 1. The maximum atomic E-state index is 12.1. The third kappa shape index (κ3) is 3.45. The second kappa shape index (κ2) is 7.98. The van der Waals surface area contributed by atoms with Gasteiger partial charge in [0.25, 0.3) is 0 Å². The average Bonchev–Trinajstić information content (AvgIpc) is 3.31. The van der Waals surface area contributed by atoms with Crippen LogP contribution in [-0.2, 0) is 17.7 Å². The van der Waals surface area contributed by atoms with Gasteiger partial charge in [-0.15, -0.1) is 11.3 Å². The molecule has 0 amide bonds. The normalized spacial score (nSPS) is 11.1. The van der Waals surface area contributed by atoms with Gasteiger partial charge in [0.1, 0.15) is 10.7 Å². The fourth-order valence-corrected chi connectivity index (χ4v) is 4.33. The number of benzene rings is 2. The molecule has 0 aliphatic heterocycles. The van der Waals surface area contributed by atoms with E-state index in [0.29, 0.717) is 5.56 Å². The minimum atomic E-state index is -0.317. The van der Waals surface area contributed by atoms with Crippen molar-refractivity contribution in [2.45, 2.75) is 26.3 Å². The summed E-state index contributed by atoms with van der Waals surface area (Å²) in [7, 11) is 1.41. The Morgan fingerprint density at radius 3 is 2.64 bits per heavy atom. The number of rotatable bonds is 6. The molecule has 0 fully saturated rings. The van der Waals surface area contributed by atoms with Crippen LogP contribution in [0.2, 0.25) is 0 Å². The van der Waals surface area contributed by atoms with Gasteiger partial charge < -0.3 is 9.30 Å². The Bertz CT molecular complexity index is 1110. The molecule has 2 aromatic heterocycles. The zero-order chi connectivity index (χ0) is 19.5. The summed E-state index contributed by atoms with van der Waals surface area (Å²) in [6.07, 6.45) is 2.06. The van der Waals surface area contributed by atoms with Crippen molar-refractivity contribution in [1.29, 1.82) is 0 Å². The molecule has 0 unspecified atom stereocenters. The van der Waals surface area contributed by atoms with Gasteiger partial charge >= 0.3 is 5.97 Å². The van der Waals surface area contributed by atoms with Crippen LogP contribution in [0.4, 0.5) is 0 Å². The van der Waals surface area contributed by atoms with Gasteiger partial charge in [-0.3, -0.25) is 0 Å². The van der Waals surface area contributed by atoms with Crippen molar-refractivity contribution in [2.24, 2.45) is 0 Å². The van der Waals surface area contributed by atoms with Crippen LogP contribution < -0.4 is 0 Å². The van der Waals surface area contributed by atoms with Crippen LogP contribution >= 0.6 is 11.3 Å². The molecule has 0 spiro atoms. The summed E-state index contributed by atoms with van der Waals surface area (Å²) in [6.45, 7) is 2.98.